The lowest BCUT2D eigenvalue weighted by Gasteiger charge is -2.09. The maximum Gasteiger partial charge on any atom is 0.251 e. The molecule has 6 heteroatoms. The highest BCUT2D eigenvalue weighted by atomic mass is 35.5. The highest BCUT2D eigenvalue weighted by Crippen LogP contribution is 2.25. The van der Waals surface area contributed by atoms with Crippen molar-refractivity contribution in [2.75, 3.05) is 11.9 Å². The van der Waals surface area contributed by atoms with E-state index in [0.717, 1.165) is 11.1 Å². The van der Waals surface area contributed by atoms with E-state index in [2.05, 4.69) is 10.6 Å². The van der Waals surface area contributed by atoms with Crippen LogP contribution in [0.3, 0.4) is 0 Å². The van der Waals surface area contributed by atoms with Crippen molar-refractivity contribution in [1.82, 2.24) is 5.32 Å². The van der Waals surface area contributed by atoms with E-state index in [9.17, 15) is 9.59 Å². The average molecular weight is 351 g/mol. The molecule has 2 aromatic rings. The Labute approximate surface area is 144 Å². The van der Waals surface area contributed by atoms with E-state index in [-0.39, 0.29) is 18.4 Å². The third-order valence-corrected chi connectivity index (χ3v) is 3.95. The van der Waals surface area contributed by atoms with E-state index >= 15 is 0 Å². The molecule has 0 aliphatic heterocycles. The van der Waals surface area contributed by atoms with Crippen LogP contribution in [-0.4, -0.2) is 18.4 Å². The Hall–Kier alpha value is -2.04. The fraction of sp³-hybridized carbons (Fsp3) is 0.176. The number of hydrogen-bond acceptors (Lipinski definition) is 2. The van der Waals surface area contributed by atoms with Crippen LogP contribution in [0.5, 0.6) is 0 Å². The topological polar surface area (TPSA) is 58.2 Å². The molecular weight excluding hydrogens is 335 g/mol. The van der Waals surface area contributed by atoms with Crippen molar-refractivity contribution in [3.63, 3.8) is 0 Å². The summed E-state index contributed by atoms with van der Waals surface area (Å²) >= 11 is 11.8. The molecule has 0 aromatic heterocycles. The number of carbonyl (C=O) groups is 2. The van der Waals surface area contributed by atoms with Gasteiger partial charge in [0.1, 0.15) is 0 Å². The van der Waals surface area contributed by atoms with Gasteiger partial charge in [-0.1, -0.05) is 29.3 Å². The summed E-state index contributed by atoms with van der Waals surface area (Å²) in [6, 6.07) is 10.1. The molecule has 0 bridgehead atoms. The van der Waals surface area contributed by atoms with E-state index in [1.807, 2.05) is 19.9 Å². The third-order valence-electron chi connectivity index (χ3n) is 3.38. The Bertz CT molecular complexity index is 760. The smallest absolute Gasteiger partial charge is 0.251 e. The molecule has 23 heavy (non-hydrogen) atoms. The highest BCUT2D eigenvalue weighted by molar-refractivity contribution is 6.35. The van der Waals surface area contributed by atoms with Gasteiger partial charge in [0.05, 0.1) is 17.3 Å². The number of hydrogen-bond donors (Lipinski definition) is 2. The second-order valence-electron chi connectivity index (χ2n) is 5.15. The molecule has 0 aliphatic rings. The average Bonchev–Trinajstić information content (AvgIpc) is 2.51. The first-order valence-corrected chi connectivity index (χ1v) is 7.73. The summed E-state index contributed by atoms with van der Waals surface area (Å²) in [4.78, 5) is 24.0. The minimum absolute atomic E-state index is 0.158. The number of benzene rings is 2. The minimum Gasteiger partial charge on any atom is -0.343 e. The maximum atomic E-state index is 12.0. The van der Waals surface area contributed by atoms with Crippen molar-refractivity contribution >= 4 is 40.7 Å². The monoisotopic (exact) mass is 350 g/mol. The van der Waals surface area contributed by atoms with Gasteiger partial charge in [0, 0.05) is 10.6 Å². The van der Waals surface area contributed by atoms with Gasteiger partial charge < -0.3 is 10.6 Å². The van der Waals surface area contributed by atoms with Crippen molar-refractivity contribution in [3.05, 3.63) is 63.1 Å². The zero-order valence-corrected chi connectivity index (χ0v) is 14.3. The van der Waals surface area contributed by atoms with Crippen LogP contribution in [0.15, 0.2) is 36.4 Å². The molecule has 2 N–H and O–H groups in total. The molecule has 0 unspecified atom stereocenters. The highest BCUT2D eigenvalue weighted by Gasteiger charge is 2.10. The van der Waals surface area contributed by atoms with Gasteiger partial charge in [0.15, 0.2) is 0 Å². The van der Waals surface area contributed by atoms with Gasteiger partial charge in [-0.3, -0.25) is 9.59 Å². The standard InChI is InChI=1S/C17H16Cl2N2O2/c1-10-3-4-12(7-11(10)2)17(23)20-9-16(22)21-15-8-13(18)5-6-14(15)19/h3-8H,9H2,1-2H3,(H,20,23)(H,21,22). The normalized spacial score (nSPS) is 10.3. The predicted octanol–water partition coefficient (Wildman–Crippen LogP) is 3.98. The van der Waals surface area contributed by atoms with Gasteiger partial charge in [-0.15, -0.1) is 0 Å². The van der Waals surface area contributed by atoms with Crippen LogP contribution in [0.2, 0.25) is 10.0 Å². The largest absolute Gasteiger partial charge is 0.343 e. The number of aryl methyl sites for hydroxylation is 2. The Morgan fingerprint density at radius 1 is 1.00 bits per heavy atom. The molecule has 2 amide bonds. The van der Waals surface area contributed by atoms with Crippen molar-refractivity contribution in [3.8, 4) is 0 Å². The zero-order chi connectivity index (χ0) is 17.0. The van der Waals surface area contributed by atoms with Crippen LogP contribution in [-0.2, 0) is 4.79 Å². The summed E-state index contributed by atoms with van der Waals surface area (Å²) < 4.78 is 0. The second-order valence-corrected chi connectivity index (χ2v) is 6.00. The van der Waals surface area contributed by atoms with E-state index in [0.29, 0.717) is 21.3 Å². The van der Waals surface area contributed by atoms with E-state index in [4.69, 9.17) is 23.2 Å². The van der Waals surface area contributed by atoms with Gasteiger partial charge in [-0.05, 0) is 55.3 Å². The van der Waals surface area contributed by atoms with Gasteiger partial charge in [-0.25, -0.2) is 0 Å². The molecule has 0 spiro atoms. The predicted molar refractivity (Wildman–Crippen MR) is 93.3 cm³/mol. The van der Waals surface area contributed by atoms with Gasteiger partial charge in [0.25, 0.3) is 5.91 Å². The molecule has 2 aromatic carbocycles. The lowest BCUT2D eigenvalue weighted by Crippen LogP contribution is -2.32. The minimum atomic E-state index is -0.383. The summed E-state index contributed by atoms with van der Waals surface area (Å²) in [6.45, 7) is 3.74. The van der Waals surface area contributed by atoms with Crippen LogP contribution in [0.1, 0.15) is 21.5 Å². The lowest BCUT2D eigenvalue weighted by atomic mass is 10.1. The molecule has 0 fully saturated rings. The second kappa shape index (κ2) is 7.49. The van der Waals surface area contributed by atoms with E-state index in [1.165, 1.54) is 0 Å². The number of halogens is 2. The number of nitrogens with one attached hydrogen (secondary N) is 2. The first kappa shape index (κ1) is 17.3. The van der Waals surface area contributed by atoms with Crippen molar-refractivity contribution in [2.24, 2.45) is 0 Å². The fourth-order valence-electron chi connectivity index (χ4n) is 1.93. The molecule has 0 saturated heterocycles. The van der Waals surface area contributed by atoms with Crippen LogP contribution in [0.25, 0.3) is 0 Å². The Kier molecular flexibility index (Phi) is 5.64. The number of rotatable bonds is 4. The Morgan fingerprint density at radius 2 is 1.74 bits per heavy atom. The molecule has 0 aliphatic carbocycles. The summed E-state index contributed by atoms with van der Waals surface area (Å²) in [5.41, 5.74) is 3.05. The molecule has 0 saturated carbocycles. The van der Waals surface area contributed by atoms with Crippen molar-refractivity contribution in [2.45, 2.75) is 13.8 Å². The molecule has 0 heterocycles. The van der Waals surface area contributed by atoms with Gasteiger partial charge >= 0.3 is 0 Å². The quantitative estimate of drug-likeness (QED) is 0.875. The van der Waals surface area contributed by atoms with Crippen molar-refractivity contribution in [1.29, 1.82) is 0 Å². The molecular formula is C17H16Cl2N2O2. The SMILES string of the molecule is Cc1ccc(C(=O)NCC(=O)Nc2cc(Cl)ccc2Cl)cc1C. The maximum absolute atomic E-state index is 12.0. The fourth-order valence-corrected chi connectivity index (χ4v) is 2.27. The number of anilines is 1. The number of amides is 2. The van der Waals surface area contributed by atoms with Crippen molar-refractivity contribution < 1.29 is 9.59 Å². The molecule has 0 atom stereocenters. The van der Waals surface area contributed by atoms with Crippen LogP contribution < -0.4 is 10.6 Å². The van der Waals surface area contributed by atoms with Crippen LogP contribution in [0.4, 0.5) is 5.69 Å². The summed E-state index contributed by atoms with van der Waals surface area (Å²) in [5, 5.41) is 6.02. The summed E-state index contributed by atoms with van der Waals surface area (Å²) in [5.74, 6) is -0.688. The molecule has 2 rings (SSSR count). The molecule has 4 nitrogen and oxygen atoms in total. The third kappa shape index (κ3) is 4.71. The molecule has 120 valence electrons. The van der Waals surface area contributed by atoms with Crippen LogP contribution in [0, 0.1) is 13.8 Å². The first-order chi connectivity index (χ1) is 10.9. The summed E-state index contributed by atoms with van der Waals surface area (Å²) in [7, 11) is 0. The Balaban J connectivity index is 1.94. The molecule has 0 radical (unpaired) electrons. The summed E-state index contributed by atoms with van der Waals surface area (Å²) in [6.07, 6.45) is 0. The van der Waals surface area contributed by atoms with E-state index in [1.54, 1.807) is 30.3 Å². The van der Waals surface area contributed by atoms with Gasteiger partial charge in [0.2, 0.25) is 5.91 Å². The van der Waals surface area contributed by atoms with E-state index < -0.39 is 0 Å². The van der Waals surface area contributed by atoms with Crippen LogP contribution >= 0.6 is 23.2 Å². The Morgan fingerprint density at radius 3 is 2.43 bits per heavy atom. The zero-order valence-electron chi connectivity index (χ0n) is 12.7. The number of carbonyl (C=O) groups excluding carboxylic acids is 2. The first-order valence-electron chi connectivity index (χ1n) is 6.97. The lowest BCUT2D eigenvalue weighted by molar-refractivity contribution is -0.115. The van der Waals surface area contributed by atoms with Gasteiger partial charge in [-0.2, -0.15) is 0 Å².